The zero-order chi connectivity index (χ0) is 11.0. The SMILES string of the molecule is N#Cc1c[nH]c2cc(F)c(I)cc2c1=O. The first-order valence-corrected chi connectivity index (χ1v) is 5.12. The van der Waals surface area contributed by atoms with E-state index in [1.165, 1.54) is 18.3 Å². The van der Waals surface area contributed by atoms with Crippen LogP contribution in [0.1, 0.15) is 5.56 Å². The molecular formula is C10H4FIN2O. The average Bonchev–Trinajstić information content (AvgIpc) is 2.22. The molecule has 0 atom stereocenters. The quantitative estimate of drug-likeness (QED) is 0.758. The molecule has 1 N–H and O–H groups in total. The second kappa shape index (κ2) is 3.62. The van der Waals surface area contributed by atoms with Crippen molar-refractivity contribution in [2.45, 2.75) is 0 Å². The molecule has 15 heavy (non-hydrogen) atoms. The van der Waals surface area contributed by atoms with E-state index in [1.807, 2.05) is 0 Å². The van der Waals surface area contributed by atoms with Crippen LogP contribution >= 0.6 is 22.6 Å². The molecule has 1 heterocycles. The minimum atomic E-state index is -0.386. The predicted molar refractivity (Wildman–Crippen MR) is 62.0 cm³/mol. The zero-order valence-electron chi connectivity index (χ0n) is 7.34. The van der Waals surface area contributed by atoms with Gasteiger partial charge in [-0.15, -0.1) is 0 Å². The van der Waals surface area contributed by atoms with Gasteiger partial charge >= 0.3 is 0 Å². The fraction of sp³-hybridized carbons (Fsp3) is 0. The summed E-state index contributed by atoms with van der Waals surface area (Å²) < 4.78 is 13.5. The molecule has 74 valence electrons. The van der Waals surface area contributed by atoms with Gasteiger partial charge in [0.25, 0.3) is 0 Å². The number of benzene rings is 1. The Morgan fingerprint density at radius 3 is 2.87 bits per heavy atom. The smallest absolute Gasteiger partial charge is 0.207 e. The van der Waals surface area contributed by atoms with E-state index in [0.29, 0.717) is 14.5 Å². The molecular weight excluding hydrogens is 310 g/mol. The highest BCUT2D eigenvalue weighted by molar-refractivity contribution is 14.1. The molecule has 0 saturated carbocycles. The second-order valence-electron chi connectivity index (χ2n) is 2.96. The van der Waals surface area contributed by atoms with Crippen LogP contribution in [0.5, 0.6) is 0 Å². The Hall–Kier alpha value is -1.42. The van der Waals surface area contributed by atoms with E-state index in [1.54, 1.807) is 28.7 Å². The Labute approximate surface area is 97.7 Å². The molecule has 0 fully saturated rings. The summed E-state index contributed by atoms with van der Waals surface area (Å²) in [6, 6.07) is 4.47. The Morgan fingerprint density at radius 1 is 1.47 bits per heavy atom. The van der Waals surface area contributed by atoms with E-state index in [9.17, 15) is 9.18 Å². The van der Waals surface area contributed by atoms with Crippen LogP contribution in [0.4, 0.5) is 4.39 Å². The van der Waals surface area contributed by atoms with Crippen LogP contribution < -0.4 is 5.43 Å². The molecule has 0 bridgehead atoms. The number of rotatable bonds is 0. The lowest BCUT2D eigenvalue weighted by molar-refractivity contribution is 0.622. The largest absolute Gasteiger partial charge is 0.360 e. The van der Waals surface area contributed by atoms with Gasteiger partial charge in [-0.2, -0.15) is 5.26 Å². The Morgan fingerprint density at radius 2 is 2.20 bits per heavy atom. The molecule has 0 aliphatic heterocycles. The van der Waals surface area contributed by atoms with Gasteiger partial charge in [-0.25, -0.2) is 4.39 Å². The number of pyridine rings is 1. The maximum Gasteiger partial charge on any atom is 0.207 e. The summed E-state index contributed by atoms with van der Waals surface area (Å²) in [6.45, 7) is 0. The predicted octanol–water partition coefficient (Wildman–Crippen LogP) is 2.14. The summed E-state index contributed by atoms with van der Waals surface area (Å²) in [5.41, 5.74) is 0.0611. The first-order chi connectivity index (χ1) is 7.13. The van der Waals surface area contributed by atoms with Crippen LogP contribution in [0.3, 0.4) is 0 Å². The molecule has 2 rings (SSSR count). The molecule has 5 heteroatoms. The van der Waals surface area contributed by atoms with E-state index in [0.717, 1.165) is 0 Å². The lowest BCUT2D eigenvalue weighted by atomic mass is 10.1. The molecule has 1 aromatic carbocycles. The molecule has 0 aliphatic carbocycles. The van der Waals surface area contributed by atoms with Crippen LogP contribution in [0, 0.1) is 20.7 Å². The van der Waals surface area contributed by atoms with Gasteiger partial charge in [0.2, 0.25) is 5.43 Å². The van der Waals surface area contributed by atoms with Crippen molar-refractivity contribution < 1.29 is 4.39 Å². The Bertz CT molecular complexity index is 642. The van der Waals surface area contributed by atoms with Crippen LogP contribution in [-0.2, 0) is 0 Å². The first kappa shape index (κ1) is 10.1. The van der Waals surface area contributed by atoms with E-state index in [-0.39, 0.29) is 16.8 Å². The van der Waals surface area contributed by atoms with Gasteiger partial charge in [0.05, 0.1) is 5.52 Å². The molecule has 1 aromatic heterocycles. The molecule has 0 radical (unpaired) electrons. The van der Waals surface area contributed by atoms with E-state index in [2.05, 4.69) is 4.98 Å². The fourth-order valence-corrected chi connectivity index (χ4v) is 1.76. The molecule has 0 amide bonds. The van der Waals surface area contributed by atoms with E-state index < -0.39 is 0 Å². The van der Waals surface area contributed by atoms with Crippen molar-refractivity contribution in [1.82, 2.24) is 4.98 Å². The lowest BCUT2D eigenvalue weighted by Gasteiger charge is -2.00. The lowest BCUT2D eigenvalue weighted by Crippen LogP contribution is -2.07. The Balaban J connectivity index is 2.96. The number of halogens is 2. The zero-order valence-corrected chi connectivity index (χ0v) is 9.50. The molecule has 0 spiro atoms. The van der Waals surface area contributed by atoms with Crippen LogP contribution in [0.25, 0.3) is 10.9 Å². The van der Waals surface area contributed by atoms with Crippen molar-refractivity contribution in [3.8, 4) is 6.07 Å². The van der Waals surface area contributed by atoms with Gasteiger partial charge in [0.1, 0.15) is 17.4 Å². The van der Waals surface area contributed by atoms with Gasteiger partial charge in [0, 0.05) is 15.2 Å². The van der Waals surface area contributed by atoms with Crippen molar-refractivity contribution in [2.24, 2.45) is 0 Å². The van der Waals surface area contributed by atoms with Crippen molar-refractivity contribution in [1.29, 1.82) is 5.26 Å². The third-order valence-electron chi connectivity index (χ3n) is 2.04. The number of aromatic amines is 1. The van der Waals surface area contributed by atoms with Gasteiger partial charge < -0.3 is 4.98 Å². The molecule has 0 saturated heterocycles. The summed E-state index contributed by atoms with van der Waals surface area (Å²) >= 11 is 1.80. The number of hydrogen-bond donors (Lipinski definition) is 1. The minimum Gasteiger partial charge on any atom is -0.360 e. The van der Waals surface area contributed by atoms with Crippen molar-refractivity contribution >= 4 is 33.5 Å². The minimum absolute atomic E-state index is 0.0323. The van der Waals surface area contributed by atoms with Gasteiger partial charge in [0.15, 0.2) is 0 Å². The standard InChI is InChI=1S/C10H4FIN2O/c11-7-2-9-6(1-8(7)12)10(15)5(3-13)4-14-9/h1-2,4H,(H,14,15). The number of H-pyrrole nitrogens is 1. The van der Waals surface area contributed by atoms with Crippen molar-refractivity contribution in [3.63, 3.8) is 0 Å². The summed E-state index contributed by atoms with van der Waals surface area (Å²) in [7, 11) is 0. The maximum atomic E-state index is 13.2. The number of aromatic nitrogens is 1. The van der Waals surface area contributed by atoms with Gasteiger partial charge in [-0.1, -0.05) is 0 Å². The van der Waals surface area contributed by atoms with Crippen LogP contribution in [0.15, 0.2) is 23.1 Å². The van der Waals surface area contributed by atoms with E-state index >= 15 is 0 Å². The third-order valence-corrected chi connectivity index (χ3v) is 2.87. The topological polar surface area (TPSA) is 56.6 Å². The number of fused-ring (bicyclic) bond motifs is 1. The number of nitriles is 1. The highest BCUT2D eigenvalue weighted by Gasteiger charge is 2.07. The highest BCUT2D eigenvalue weighted by atomic mass is 127. The number of nitrogens with zero attached hydrogens (tertiary/aromatic N) is 1. The first-order valence-electron chi connectivity index (χ1n) is 4.04. The molecule has 3 nitrogen and oxygen atoms in total. The Kier molecular flexibility index (Phi) is 2.44. The normalized spacial score (nSPS) is 10.2. The summed E-state index contributed by atoms with van der Waals surface area (Å²) in [4.78, 5) is 14.4. The van der Waals surface area contributed by atoms with Crippen LogP contribution in [-0.4, -0.2) is 4.98 Å². The summed E-state index contributed by atoms with van der Waals surface area (Å²) in [5.74, 6) is -0.386. The second-order valence-corrected chi connectivity index (χ2v) is 4.12. The maximum absolute atomic E-state index is 13.2. The monoisotopic (exact) mass is 314 g/mol. The average molecular weight is 314 g/mol. The van der Waals surface area contributed by atoms with Crippen molar-refractivity contribution in [3.05, 3.63) is 43.5 Å². The number of hydrogen-bond acceptors (Lipinski definition) is 2. The van der Waals surface area contributed by atoms with Crippen LogP contribution in [0.2, 0.25) is 0 Å². The highest BCUT2D eigenvalue weighted by Crippen LogP contribution is 2.16. The van der Waals surface area contributed by atoms with E-state index in [4.69, 9.17) is 5.26 Å². The number of nitrogens with one attached hydrogen (secondary N) is 1. The van der Waals surface area contributed by atoms with Gasteiger partial charge in [-0.05, 0) is 34.7 Å². The fourth-order valence-electron chi connectivity index (χ4n) is 1.30. The van der Waals surface area contributed by atoms with Crippen molar-refractivity contribution in [2.75, 3.05) is 0 Å². The summed E-state index contributed by atoms with van der Waals surface area (Å²) in [5, 5.41) is 8.99. The molecule has 2 aromatic rings. The van der Waals surface area contributed by atoms with Gasteiger partial charge in [-0.3, -0.25) is 4.79 Å². The molecule has 0 aliphatic rings. The summed E-state index contributed by atoms with van der Waals surface area (Å²) in [6.07, 6.45) is 1.29. The third kappa shape index (κ3) is 1.61. The molecule has 0 unspecified atom stereocenters.